The molecule has 4 nitrogen and oxygen atoms in total. The molecule has 16 heavy (non-hydrogen) atoms. The summed E-state index contributed by atoms with van der Waals surface area (Å²) in [4.78, 5) is 12.0. The lowest BCUT2D eigenvalue weighted by molar-refractivity contribution is 0.0881. The Kier molecular flexibility index (Phi) is 2.11. The van der Waals surface area contributed by atoms with Crippen molar-refractivity contribution in [3.63, 3.8) is 0 Å². The quantitative estimate of drug-likeness (QED) is 0.605. The van der Waals surface area contributed by atoms with E-state index in [0.717, 1.165) is 37.2 Å². The normalized spacial score (nSPS) is 22.1. The van der Waals surface area contributed by atoms with E-state index in [0.29, 0.717) is 0 Å². The molecule has 1 aromatic rings. The first-order valence-electron chi connectivity index (χ1n) is 5.70. The molecule has 2 aliphatic heterocycles. The van der Waals surface area contributed by atoms with Gasteiger partial charge in [-0.05, 0) is 25.2 Å². The van der Waals surface area contributed by atoms with Crippen molar-refractivity contribution < 1.29 is 4.79 Å². The number of anilines is 1. The van der Waals surface area contributed by atoms with Gasteiger partial charge in [-0.3, -0.25) is 4.79 Å². The smallest absolute Gasteiger partial charge is 0.255 e. The highest BCUT2D eigenvalue weighted by molar-refractivity contribution is 6.02. The summed E-state index contributed by atoms with van der Waals surface area (Å²) < 4.78 is 0. The Morgan fingerprint density at radius 1 is 1.06 bits per heavy atom. The van der Waals surface area contributed by atoms with Gasteiger partial charge in [0.25, 0.3) is 5.91 Å². The van der Waals surface area contributed by atoms with Gasteiger partial charge in [-0.2, -0.15) is 0 Å². The highest BCUT2D eigenvalue weighted by Gasteiger charge is 2.37. The van der Waals surface area contributed by atoms with E-state index in [4.69, 9.17) is 0 Å². The van der Waals surface area contributed by atoms with Crippen LogP contribution in [0.5, 0.6) is 0 Å². The van der Waals surface area contributed by atoms with Gasteiger partial charge in [-0.15, -0.1) is 0 Å². The van der Waals surface area contributed by atoms with Gasteiger partial charge in [0.2, 0.25) is 0 Å². The number of piperidine rings is 1. The molecular weight excluding hydrogens is 202 g/mol. The number of carbonyl (C=O) groups is 1. The van der Waals surface area contributed by atoms with E-state index < -0.39 is 0 Å². The number of nitrogens with one attached hydrogen (secondary N) is 3. The predicted octanol–water partition coefficient (Wildman–Crippen LogP) is 0.922. The van der Waals surface area contributed by atoms with Gasteiger partial charge in [0, 0.05) is 18.5 Å². The molecule has 0 radical (unpaired) electrons. The molecule has 2 heterocycles. The number of hydrogen-bond acceptors (Lipinski definition) is 3. The van der Waals surface area contributed by atoms with Gasteiger partial charge in [-0.1, -0.05) is 12.1 Å². The summed E-state index contributed by atoms with van der Waals surface area (Å²) in [6, 6.07) is 7.67. The van der Waals surface area contributed by atoms with Crippen LogP contribution in [0.15, 0.2) is 24.3 Å². The molecule has 0 bridgehead atoms. The second kappa shape index (κ2) is 3.49. The number of benzene rings is 1. The Morgan fingerprint density at radius 3 is 2.62 bits per heavy atom. The average molecular weight is 217 g/mol. The first-order chi connectivity index (χ1) is 7.79. The molecule has 3 rings (SSSR count). The van der Waals surface area contributed by atoms with E-state index in [2.05, 4.69) is 16.0 Å². The van der Waals surface area contributed by atoms with Gasteiger partial charge in [0.05, 0.1) is 5.56 Å². The van der Waals surface area contributed by atoms with Crippen LogP contribution in [-0.4, -0.2) is 24.7 Å². The number of fused-ring (bicyclic) bond motifs is 1. The fourth-order valence-corrected chi connectivity index (χ4v) is 2.47. The van der Waals surface area contributed by atoms with Crippen LogP contribution in [0, 0.1) is 0 Å². The molecule has 1 saturated heterocycles. The predicted molar refractivity (Wildman–Crippen MR) is 62.4 cm³/mol. The van der Waals surface area contributed by atoms with Crippen molar-refractivity contribution in [1.29, 1.82) is 0 Å². The Hall–Kier alpha value is -1.55. The maximum absolute atomic E-state index is 12.0. The van der Waals surface area contributed by atoms with Crippen LogP contribution in [0.3, 0.4) is 0 Å². The highest BCUT2D eigenvalue weighted by Crippen LogP contribution is 2.29. The van der Waals surface area contributed by atoms with E-state index >= 15 is 0 Å². The zero-order valence-electron chi connectivity index (χ0n) is 9.05. The molecule has 1 fully saturated rings. The molecule has 0 unspecified atom stereocenters. The molecule has 3 N–H and O–H groups in total. The summed E-state index contributed by atoms with van der Waals surface area (Å²) in [7, 11) is 0. The highest BCUT2D eigenvalue weighted by atomic mass is 16.2. The zero-order chi connectivity index (χ0) is 11.0. The summed E-state index contributed by atoms with van der Waals surface area (Å²) >= 11 is 0. The Bertz CT molecular complexity index is 424. The third-order valence-electron chi connectivity index (χ3n) is 3.36. The van der Waals surface area contributed by atoms with Crippen molar-refractivity contribution in [1.82, 2.24) is 10.6 Å². The molecule has 0 atom stereocenters. The standard InChI is InChI=1S/C12H15N3O/c16-11-9-3-1-2-4-10(9)14-12(15-11)5-7-13-8-6-12/h1-4,13-14H,5-8H2,(H,15,16). The molecule has 0 aliphatic carbocycles. The topological polar surface area (TPSA) is 53.2 Å². The number of hydrogen-bond donors (Lipinski definition) is 3. The third kappa shape index (κ3) is 1.46. The zero-order valence-corrected chi connectivity index (χ0v) is 9.05. The third-order valence-corrected chi connectivity index (χ3v) is 3.36. The molecule has 0 saturated carbocycles. The molecule has 4 heteroatoms. The van der Waals surface area contributed by atoms with Crippen LogP contribution in [-0.2, 0) is 0 Å². The lowest BCUT2D eigenvalue weighted by Crippen LogP contribution is -2.61. The van der Waals surface area contributed by atoms with E-state index in [1.54, 1.807) is 0 Å². The second-order valence-corrected chi connectivity index (χ2v) is 4.46. The molecule has 1 amide bonds. The number of carbonyl (C=O) groups excluding carboxylic acids is 1. The van der Waals surface area contributed by atoms with Crippen LogP contribution in [0.2, 0.25) is 0 Å². The minimum Gasteiger partial charge on any atom is -0.362 e. The molecule has 1 aromatic carbocycles. The van der Waals surface area contributed by atoms with E-state index in [9.17, 15) is 4.79 Å². The van der Waals surface area contributed by atoms with Crippen molar-refractivity contribution in [3.05, 3.63) is 29.8 Å². The van der Waals surface area contributed by atoms with Crippen molar-refractivity contribution in [2.75, 3.05) is 18.4 Å². The van der Waals surface area contributed by atoms with Crippen LogP contribution in [0.1, 0.15) is 23.2 Å². The fourth-order valence-electron chi connectivity index (χ4n) is 2.47. The minimum atomic E-state index is -0.239. The van der Waals surface area contributed by atoms with Gasteiger partial charge in [0.1, 0.15) is 5.66 Å². The molecule has 0 aromatic heterocycles. The van der Waals surface area contributed by atoms with Gasteiger partial charge >= 0.3 is 0 Å². The fraction of sp³-hybridized carbons (Fsp3) is 0.417. The SMILES string of the molecule is O=C1NC2(CCNCC2)Nc2ccccc21. The summed E-state index contributed by atoms with van der Waals surface area (Å²) in [5.41, 5.74) is 1.45. The summed E-state index contributed by atoms with van der Waals surface area (Å²) in [5.74, 6) is 0.0382. The van der Waals surface area contributed by atoms with Gasteiger partial charge in [-0.25, -0.2) is 0 Å². The Morgan fingerprint density at radius 2 is 1.81 bits per heavy atom. The lowest BCUT2D eigenvalue weighted by atomic mass is 9.93. The van der Waals surface area contributed by atoms with Crippen molar-refractivity contribution in [2.24, 2.45) is 0 Å². The van der Waals surface area contributed by atoms with E-state index in [-0.39, 0.29) is 11.6 Å². The molecule has 84 valence electrons. The maximum atomic E-state index is 12.0. The van der Waals surface area contributed by atoms with Crippen LogP contribution >= 0.6 is 0 Å². The summed E-state index contributed by atoms with van der Waals surface area (Å²) in [5, 5.41) is 9.87. The molecule has 2 aliphatic rings. The number of rotatable bonds is 0. The van der Waals surface area contributed by atoms with Crippen LogP contribution in [0.25, 0.3) is 0 Å². The van der Waals surface area contributed by atoms with Crippen molar-refractivity contribution in [2.45, 2.75) is 18.5 Å². The first-order valence-corrected chi connectivity index (χ1v) is 5.70. The summed E-state index contributed by atoms with van der Waals surface area (Å²) in [6.45, 7) is 1.88. The Labute approximate surface area is 94.4 Å². The number of amides is 1. The second-order valence-electron chi connectivity index (χ2n) is 4.46. The molecular formula is C12H15N3O. The van der Waals surface area contributed by atoms with E-state index in [1.165, 1.54) is 0 Å². The largest absolute Gasteiger partial charge is 0.362 e. The van der Waals surface area contributed by atoms with Crippen molar-refractivity contribution in [3.8, 4) is 0 Å². The van der Waals surface area contributed by atoms with Crippen LogP contribution in [0.4, 0.5) is 5.69 Å². The Balaban J connectivity index is 1.96. The van der Waals surface area contributed by atoms with Gasteiger partial charge < -0.3 is 16.0 Å². The number of para-hydroxylation sites is 1. The average Bonchev–Trinajstić information content (AvgIpc) is 2.30. The summed E-state index contributed by atoms with van der Waals surface area (Å²) in [6.07, 6.45) is 1.85. The monoisotopic (exact) mass is 217 g/mol. The van der Waals surface area contributed by atoms with Gasteiger partial charge in [0.15, 0.2) is 0 Å². The lowest BCUT2D eigenvalue weighted by Gasteiger charge is -2.43. The minimum absolute atomic E-state index is 0.0382. The maximum Gasteiger partial charge on any atom is 0.255 e. The van der Waals surface area contributed by atoms with Crippen molar-refractivity contribution >= 4 is 11.6 Å². The molecule has 1 spiro atoms. The van der Waals surface area contributed by atoms with E-state index in [1.807, 2.05) is 24.3 Å². The van der Waals surface area contributed by atoms with Crippen LogP contribution < -0.4 is 16.0 Å². The first kappa shape index (κ1) is 9.66.